The fourth-order valence-corrected chi connectivity index (χ4v) is 1.37. The van der Waals surface area contributed by atoms with Crippen molar-refractivity contribution in [2.24, 2.45) is 0 Å². The van der Waals surface area contributed by atoms with Crippen molar-refractivity contribution in [3.05, 3.63) is 0 Å². The van der Waals surface area contributed by atoms with Crippen LogP contribution in [0.2, 0.25) is 6.32 Å². The third kappa shape index (κ3) is 2.03. The molecule has 1 heterocycles. The van der Waals surface area contributed by atoms with Gasteiger partial charge in [0.2, 0.25) is 0 Å². The highest BCUT2D eigenvalue weighted by atomic mass is 16.5. The van der Waals surface area contributed by atoms with E-state index in [1.807, 2.05) is 0 Å². The average molecular weight is 188 g/mol. The summed E-state index contributed by atoms with van der Waals surface area (Å²) in [5.74, 6) is 0. The van der Waals surface area contributed by atoms with Gasteiger partial charge in [-0.05, 0) is 0 Å². The number of aliphatic hydroxyl groups is 4. The van der Waals surface area contributed by atoms with Crippen LogP contribution in [0.5, 0.6) is 0 Å². The van der Waals surface area contributed by atoms with Crippen LogP contribution in [-0.4, -0.2) is 65.4 Å². The molecule has 0 amide bonds. The van der Waals surface area contributed by atoms with Crippen molar-refractivity contribution in [2.75, 3.05) is 6.61 Å². The van der Waals surface area contributed by atoms with Crippen molar-refractivity contribution < 1.29 is 25.2 Å². The molecule has 4 N–H and O–H groups in total. The first-order valence-corrected chi connectivity index (χ1v) is 4.12. The lowest BCUT2D eigenvalue weighted by molar-refractivity contribution is -0.224. The Balaban J connectivity index is 2.66. The molecule has 0 aliphatic carbocycles. The van der Waals surface area contributed by atoms with Gasteiger partial charge in [0.1, 0.15) is 24.4 Å². The van der Waals surface area contributed by atoms with E-state index in [2.05, 4.69) is 0 Å². The third-order valence-electron chi connectivity index (χ3n) is 2.22. The largest absolute Gasteiger partial charge is 0.394 e. The van der Waals surface area contributed by atoms with Crippen LogP contribution in [0.15, 0.2) is 0 Å². The number of ether oxygens (including phenoxy) is 1. The third-order valence-corrected chi connectivity index (χ3v) is 2.22. The fourth-order valence-electron chi connectivity index (χ4n) is 1.37. The van der Waals surface area contributed by atoms with Gasteiger partial charge in [0.05, 0.1) is 20.6 Å². The summed E-state index contributed by atoms with van der Waals surface area (Å²) in [5, 5.41) is 36.7. The second kappa shape index (κ2) is 4.39. The Morgan fingerprint density at radius 2 is 1.54 bits per heavy atom. The molecule has 1 aliphatic rings. The second-order valence-electron chi connectivity index (χ2n) is 3.10. The van der Waals surface area contributed by atoms with E-state index >= 15 is 0 Å². The van der Waals surface area contributed by atoms with E-state index < -0.39 is 37.1 Å². The summed E-state index contributed by atoms with van der Waals surface area (Å²) in [6.07, 6.45) is -5.39. The first kappa shape index (κ1) is 10.9. The van der Waals surface area contributed by atoms with Crippen LogP contribution in [-0.2, 0) is 4.74 Å². The molecule has 5 nitrogen and oxygen atoms in total. The number of aliphatic hydroxyl groups excluding tert-OH is 4. The number of hydrogen-bond acceptors (Lipinski definition) is 5. The molecule has 0 saturated carbocycles. The summed E-state index contributed by atoms with van der Waals surface area (Å²) in [4.78, 5) is 0. The standard InChI is InChI=1S/C7H13BO5/c8-1-3-5(10)7(12)6(11)4(2-9)13-3/h3-7,9-12H,1-2H2/t3-,4?,5?,6+,7-/m1/s1. The van der Waals surface area contributed by atoms with Crippen LogP contribution in [0.1, 0.15) is 0 Å². The van der Waals surface area contributed by atoms with Gasteiger partial charge in [-0.2, -0.15) is 0 Å². The molecular formula is C7H13BO5. The van der Waals surface area contributed by atoms with Gasteiger partial charge in [-0.1, -0.05) is 6.32 Å². The maximum atomic E-state index is 9.32. The minimum Gasteiger partial charge on any atom is -0.394 e. The maximum absolute atomic E-state index is 9.32. The van der Waals surface area contributed by atoms with Gasteiger partial charge in [-0.25, -0.2) is 0 Å². The van der Waals surface area contributed by atoms with Gasteiger partial charge in [0.15, 0.2) is 0 Å². The van der Waals surface area contributed by atoms with Gasteiger partial charge in [0.25, 0.3) is 0 Å². The van der Waals surface area contributed by atoms with E-state index in [-0.39, 0.29) is 6.32 Å². The Morgan fingerprint density at radius 1 is 1.00 bits per heavy atom. The van der Waals surface area contributed by atoms with Crippen molar-refractivity contribution in [3.63, 3.8) is 0 Å². The first-order valence-electron chi connectivity index (χ1n) is 4.12. The molecule has 0 bridgehead atoms. The molecule has 74 valence electrons. The highest BCUT2D eigenvalue weighted by Gasteiger charge is 2.42. The Kier molecular flexibility index (Phi) is 3.69. The smallest absolute Gasteiger partial charge is 0.111 e. The van der Waals surface area contributed by atoms with E-state index in [0.717, 1.165) is 0 Å². The summed E-state index contributed by atoms with van der Waals surface area (Å²) < 4.78 is 5.04. The fraction of sp³-hybridized carbons (Fsp3) is 1.00. The molecule has 1 rings (SSSR count). The van der Waals surface area contributed by atoms with E-state index in [9.17, 15) is 15.3 Å². The molecular weight excluding hydrogens is 175 g/mol. The molecule has 1 fully saturated rings. The van der Waals surface area contributed by atoms with Gasteiger partial charge in [0, 0.05) is 0 Å². The summed E-state index contributed by atoms with van der Waals surface area (Å²) in [5.41, 5.74) is 0. The molecule has 5 atom stereocenters. The topological polar surface area (TPSA) is 90.2 Å². The molecule has 1 saturated heterocycles. The molecule has 2 radical (unpaired) electrons. The molecule has 0 aromatic heterocycles. The Hall–Kier alpha value is -0.135. The zero-order valence-electron chi connectivity index (χ0n) is 7.08. The minimum absolute atomic E-state index is 0.0292. The quantitative estimate of drug-likeness (QED) is 0.357. The van der Waals surface area contributed by atoms with Crippen molar-refractivity contribution in [2.45, 2.75) is 36.8 Å². The molecule has 0 aromatic rings. The normalized spacial score (nSPS) is 46.3. The summed E-state index contributed by atoms with van der Waals surface area (Å²) in [6, 6.07) is 0. The zero-order valence-corrected chi connectivity index (χ0v) is 7.08. The Bertz CT molecular complexity index is 147. The Labute approximate surface area is 77.4 Å². The maximum Gasteiger partial charge on any atom is 0.111 e. The summed E-state index contributed by atoms with van der Waals surface area (Å²) in [7, 11) is 5.26. The SMILES string of the molecule is [B]C[C@H]1OC(CO)[C@H](O)[C@H](O)C1O. The van der Waals surface area contributed by atoms with Crippen molar-refractivity contribution >= 4 is 7.85 Å². The molecule has 0 spiro atoms. The molecule has 13 heavy (non-hydrogen) atoms. The predicted molar refractivity (Wildman–Crippen MR) is 44.3 cm³/mol. The zero-order chi connectivity index (χ0) is 10.0. The molecule has 2 unspecified atom stereocenters. The van der Waals surface area contributed by atoms with Crippen LogP contribution in [0.3, 0.4) is 0 Å². The summed E-state index contributed by atoms with van der Waals surface area (Å²) >= 11 is 0. The average Bonchev–Trinajstić information content (AvgIpc) is 2.15. The second-order valence-corrected chi connectivity index (χ2v) is 3.10. The molecule has 6 heteroatoms. The monoisotopic (exact) mass is 188 g/mol. The number of rotatable bonds is 2. The van der Waals surface area contributed by atoms with Gasteiger partial charge in [-0.3, -0.25) is 0 Å². The predicted octanol–water partition coefficient (Wildman–Crippen LogP) is -2.58. The molecule has 0 aromatic carbocycles. The lowest BCUT2D eigenvalue weighted by atomic mass is 9.87. The lowest BCUT2D eigenvalue weighted by Gasteiger charge is -2.39. The van der Waals surface area contributed by atoms with Crippen molar-refractivity contribution in [1.82, 2.24) is 0 Å². The van der Waals surface area contributed by atoms with Gasteiger partial charge in [-0.15, -0.1) is 0 Å². The van der Waals surface area contributed by atoms with Crippen LogP contribution >= 0.6 is 0 Å². The van der Waals surface area contributed by atoms with Crippen LogP contribution in [0.4, 0.5) is 0 Å². The van der Waals surface area contributed by atoms with E-state index in [0.29, 0.717) is 0 Å². The Morgan fingerprint density at radius 3 is 2.00 bits per heavy atom. The first-order chi connectivity index (χ1) is 6.11. The van der Waals surface area contributed by atoms with Crippen LogP contribution in [0.25, 0.3) is 0 Å². The number of hydrogen-bond donors (Lipinski definition) is 4. The van der Waals surface area contributed by atoms with Crippen molar-refractivity contribution in [3.8, 4) is 0 Å². The van der Waals surface area contributed by atoms with Crippen molar-refractivity contribution in [1.29, 1.82) is 0 Å². The van der Waals surface area contributed by atoms with E-state index in [1.165, 1.54) is 0 Å². The lowest BCUT2D eigenvalue weighted by Crippen LogP contribution is -2.58. The summed E-state index contributed by atoms with van der Waals surface area (Å²) in [6.45, 7) is -0.415. The van der Waals surface area contributed by atoms with E-state index in [4.69, 9.17) is 17.7 Å². The van der Waals surface area contributed by atoms with E-state index in [1.54, 1.807) is 0 Å². The van der Waals surface area contributed by atoms with Crippen LogP contribution in [0, 0.1) is 0 Å². The van der Waals surface area contributed by atoms with Gasteiger partial charge < -0.3 is 25.2 Å². The highest BCUT2D eigenvalue weighted by molar-refractivity contribution is 6.08. The van der Waals surface area contributed by atoms with Crippen LogP contribution < -0.4 is 0 Å². The molecule has 1 aliphatic heterocycles. The van der Waals surface area contributed by atoms with Gasteiger partial charge >= 0.3 is 0 Å². The minimum atomic E-state index is -1.32. The highest BCUT2D eigenvalue weighted by Crippen LogP contribution is 2.22.